The quantitative estimate of drug-likeness (QED) is 0.352. The zero-order chi connectivity index (χ0) is 25.6. The smallest absolute Gasteiger partial charge is 0.320 e. The Morgan fingerprint density at radius 3 is 2.14 bits per heavy atom. The SMILES string of the molecule is CC[C@@H]1C=CC=CC1(NCc1ccc(N(C)C)cc1)NC(=O)Nc1c(C(C)C)cccc1C(C)C. The highest BCUT2D eigenvalue weighted by Crippen LogP contribution is 2.33. The molecule has 0 saturated heterocycles. The Labute approximate surface area is 211 Å². The molecular formula is C30H42N4O. The minimum absolute atomic E-state index is 0.129. The van der Waals surface area contributed by atoms with E-state index in [0.717, 1.165) is 28.9 Å². The average molecular weight is 475 g/mol. The zero-order valence-electron chi connectivity index (χ0n) is 22.4. The van der Waals surface area contributed by atoms with Crippen molar-refractivity contribution in [1.82, 2.24) is 10.6 Å². The van der Waals surface area contributed by atoms with Crippen molar-refractivity contribution in [3.8, 4) is 0 Å². The van der Waals surface area contributed by atoms with Crippen LogP contribution in [-0.4, -0.2) is 25.8 Å². The van der Waals surface area contributed by atoms with Crippen LogP contribution < -0.4 is 20.9 Å². The van der Waals surface area contributed by atoms with Gasteiger partial charge in [-0.3, -0.25) is 5.32 Å². The van der Waals surface area contributed by atoms with Crippen molar-refractivity contribution in [2.24, 2.45) is 5.92 Å². The molecular weight excluding hydrogens is 432 g/mol. The number of urea groups is 1. The Kier molecular flexibility index (Phi) is 8.79. The molecule has 0 bridgehead atoms. The molecule has 0 heterocycles. The van der Waals surface area contributed by atoms with E-state index in [9.17, 15) is 4.79 Å². The van der Waals surface area contributed by atoms with Crippen molar-refractivity contribution >= 4 is 17.4 Å². The van der Waals surface area contributed by atoms with E-state index >= 15 is 0 Å². The van der Waals surface area contributed by atoms with Gasteiger partial charge in [-0.05, 0) is 53.2 Å². The van der Waals surface area contributed by atoms with Gasteiger partial charge in [-0.1, -0.05) is 83.2 Å². The first-order valence-corrected chi connectivity index (χ1v) is 12.8. The molecule has 2 aromatic carbocycles. The molecule has 188 valence electrons. The van der Waals surface area contributed by atoms with Gasteiger partial charge in [-0.25, -0.2) is 4.79 Å². The fraction of sp³-hybridized carbons (Fsp3) is 0.433. The lowest BCUT2D eigenvalue weighted by Gasteiger charge is -2.40. The summed E-state index contributed by atoms with van der Waals surface area (Å²) < 4.78 is 0. The van der Waals surface area contributed by atoms with Crippen LogP contribution in [-0.2, 0) is 6.54 Å². The molecule has 1 aliphatic rings. The van der Waals surface area contributed by atoms with Crippen LogP contribution in [0.2, 0.25) is 0 Å². The highest BCUT2D eigenvalue weighted by Gasteiger charge is 2.36. The predicted octanol–water partition coefficient (Wildman–Crippen LogP) is 6.76. The summed E-state index contributed by atoms with van der Waals surface area (Å²) in [6, 6.07) is 14.6. The maximum atomic E-state index is 13.5. The number of nitrogens with one attached hydrogen (secondary N) is 3. The summed E-state index contributed by atoms with van der Waals surface area (Å²) in [5.41, 5.74) is 4.88. The van der Waals surface area contributed by atoms with Gasteiger partial charge in [0.2, 0.25) is 0 Å². The second kappa shape index (κ2) is 11.6. The molecule has 35 heavy (non-hydrogen) atoms. The van der Waals surface area contributed by atoms with Crippen molar-refractivity contribution in [2.45, 2.75) is 65.1 Å². The van der Waals surface area contributed by atoms with Gasteiger partial charge in [0.25, 0.3) is 0 Å². The van der Waals surface area contributed by atoms with Gasteiger partial charge < -0.3 is 15.5 Å². The molecule has 1 aliphatic carbocycles. The highest BCUT2D eigenvalue weighted by molar-refractivity contribution is 5.92. The Hall–Kier alpha value is -3.05. The van der Waals surface area contributed by atoms with Gasteiger partial charge in [-0.2, -0.15) is 0 Å². The normalized spacial score (nSPS) is 19.3. The Balaban J connectivity index is 1.85. The molecule has 0 radical (unpaired) electrons. The third-order valence-electron chi connectivity index (χ3n) is 6.81. The number of amides is 2. The number of carbonyl (C=O) groups excluding carboxylic acids is 1. The van der Waals surface area contributed by atoms with E-state index in [0.29, 0.717) is 18.4 Å². The zero-order valence-corrected chi connectivity index (χ0v) is 22.4. The van der Waals surface area contributed by atoms with Crippen LogP contribution >= 0.6 is 0 Å². The third-order valence-corrected chi connectivity index (χ3v) is 6.81. The van der Waals surface area contributed by atoms with E-state index in [4.69, 9.17) is 0 Å². The van der Waals surface area contributed by atoms with Crippen molar-refractivity contribution in [1.29, 1.82) is 0 Å². The number of allylic oxidation sites excluding steroid dienone is 2. The minimum Gasteiger partial charge on any atom is -0.378 e. The van der Waals surface area contributed by atoms with E-state index in [1.807, 2.05) is 20.2 Å². The van der Waals surface area contributed by atoms with Gasteiger partial charge in [-0.15, -0.1) is 0 Å². The summed E-state index contributed by atoms with van der Waals surface area (Å²) in [6.07, 6.45) is 9.21. The lowest BCUT2D eigenvalue weighted by atomic mass is 9.85. The lowest BCUT2D eigenvalue weighted by Crippen LogP contribution is -2.62. The monoisotopic (exact) mass is 474 g/mol. The number of anilines is 2. The predicted molar refractivity (Wildman–Crippen MR) is 149 cm³/mol. The first kappa shape index (κ1) is 26.6. The van der Waals surface area contributed by atoms with Crippen molar-refractivity contribution in [3.05, 3.63) is 83.5 Å². The maximum Gasteiger partial charge on any atom is 0.320 e. The fourth-order valence-electron chi connectivity index (χ4n) is 4.70. The van der Waals surface area contributed by atoms with Crippen LogP contribution in [0.25, 0.3) is 0 Å². The molecule has 2 amide bonds. The summed E-state index contributed by atoms with van der Waals surface area (Å²) in [7, 11) is 4.08. The molecule has 5 heteroatoms. The van der Waals surface area contributed by atoms with Gasteiger partial charge >= 0.3 is 6.03 Å². The number of benzene rings is 2. The molecule has 5 nitrogen and oxygen atoms in total. The molecule has 0 aliphatic heterocycles. The number of carbonyl (C=O) groups is 1. The summed E-state index contributed by atoms with van der Waals surface area (Å²) in [4.78, 5) is 15.6. The van der Waals surface area contributed by atoms with E-state index in [1.165, 1.54) is 5.56 Å². The number of hydrogen-bond acceptors (Lipinski definition) is 3. The summed E-state index contributed by atoms with van der Waals surface area (Å²) in [5, 5.41) is 10.2. The van der Waals surface area contributed by atoms with Crippen LogP contribution in [0.4, 0.5) is 16.2 Å². The Morgan fingerprint density at radius 2 is 1.60 bits per heavy atom. The first-order valence-electron chi connectivity index (χ1n) is 12.8. The van der Waals surface area contributed by atoms with E-state index in [-0.39, 0.29) is 11.9 Å². The van der Waals surface area contributed by atoms with E-state index in [1.54, 1.807) is 0 Å². The lowest BCUT2D eigenvalue weighted by molar-refractivity contribution is 0.214. The highest BCUT2D eigenvalue weighted by atomic mass is 16.2. The largest absolute Gasteiger partial charge is 0.378 e. The number of nitrogens with zero attached hydrogens (tertiary/aromatic N) is 1. The Morgan fingerprint density at radius 1 is 0.971 bits per heavy atom. The maximum absolute atomic E-state index is 13.5. The van der Waals surface area contributed by atoms with Crippen LogP contribution in [0.3, 0.4) is 0 Å². The molecule has 3 N–H and O–H groups in total. The molecule has 0 saturated carbocycles. The van der Waals surface area contributed by atoms with Crippen molar-refractivity contribution in [3.63, 3.8) is 0 Å². The van der Waals surface area contributed by atoms with E-state index < -0.39 is 5.66 Å². The van der Waals surface area contributed by atoms with Crippen LogP contribution in [0.15, 0.2) is 66.8 Å². The average Bonchev–Trinajstić information content (AvgIpc) is 2.83. The van der Waals surface area contributed by atoms with Gasteiger partial charge in [0, 0.05) is 37.9 Å². The number of para-hydroxylation sites is 1. The molecule has 3 rings (SSSR count). The summed E-state index contributed by atoms with van der Waals surface area (Å²) in [6.45, 7) is 11.4. The van der Waals surface area contributed by atoms with E-state index in [2.05, 4.69) is 116 Å². The molecule has 2 aromatic rings. The Bertz CT molecular complexity index is 1030. The van der Waals surface area contributed by atoms with Crippen LogP contribution in [0.5, 0.6) is 0 Å². The third kappa shape index (κ3) is 6.34. The number of hydrogen-bond donors (Lipinski definition) is 3. The van der Waals surface area contributed by atoms with Gasteiger partial charge in [0.15, 0.2) is 0 Å². The summed E-state index contributed by atoms with van der Waals surface area (Å²) in [5.74, 6) is 0.744. The second-order valence-electron chi connectivity index (χ2n) is 10.2. The second-order valence-corrected chi connectivity index (χ2v) is 10.2. The topological polar surface area (TPSA) is 56.4 Å². The molecule has 2 atom stereocenters. The molecule has 0 spiro atoms. The molecule has 0 aromatic heterocycles. The van der Waals surface area contributed by atoms with Gasteiger partial charge in [0.05, 0.1) is 0 Å². The number of rotatable bonds is 9. The van der Waals surface area contributed by atoms with Crippen LogP contribution in [0, 0.1) is 5.92 Å². The first-order chi connectivity index (χ1) is 16.7. The summed E-state index contributed by atoms with van der Waals surface area (Å²) >= 11 is 0. The standard InChI is InChI=1S/C30H42N4O/c1-8-24-12-9-10-19-30(24,31-20-23-15-17-25(18-16-23)34(6)7)33-29(35)32-28-26(21(2)3)13-11-14-27(28)22(4)5/h9-19,21-22,24,31H,8,20H2,1-7H3,(H2,32,33,35)/t24-,30?/m1/s1. The van der Waals surface area contributed by atoms with Crippen molar-refractivity contribution in [2.75, 3.05) is 24.3 Å². The molecule has 1 unspecified atom stereocenters. The minimum atomic E-state index is -0.682. The van der Waals surface area contributed by atoms with Gasteiger partial charge in [0.1, 0.15) is 5.66 Å². The van der Waals surface area contributed by atoms with Crippen LogP contribution in [0.1, 0.15) is 69.6 Å². The molecule has 0 fully saturated rings. The fourth-order valence-corrected chi connectivity index (χ4v) is 4.70. The van der Waals surface area contributed by atoms with Crippen molar-refractivity contribution < 1.29 is 4.79 Å².